The Bertz CT molecular complexity index is 798. The highest BCUT2D eigenvalue weighted by molar-refractivity contribution is 7.80. The van der Waals surface area contributed by atoms with Crippen LogP contribution in [0.2, 0.25) is 0 Å². The predicted octanol–water partition coefficient (Wildman–Crippen LogP) is 3.01. The molecule has 140 valence electrons. The molecule has 0 bridgehead atoms. The standard InChI is InChI=1S/C16H17F2N3O4S/c1-3-5-11-13(15(22)25-4-2)14(20-16(26)19-11)8-6-12(21(23)24)10(18)7-9(8)17/h6-7,14H,3-5H2,1-2H3,(H2,19,20,26). The molecule has 0 aromatic heterocycles. The number of carbonyl (C=O) groups is 1. The van der Waals surface area contributed by atoms with Crippen LogP contribution in [0.4, 0.5) is 14.5 Å². The van der Waals surface area contributed by atoms with E-state index in [2.05, 4.69) is 10.6 Å². The third kappa shape index (κ3) is 3.96. The Morgan fingerprint density at radius 1 is 1.35 bits per heavy atom. The van der Waals surface area contributed by atoms with Crippen molar-refractivity contribution in [2.75, 3.05) is 6.61 Å². The average molecular weight is 385 g/mol. The maximum atomic E-state index is 14.4. The van der Waals surface area contributed by atoms with Gasteiger partial charge in [0.15, 0.2) is 5.11 Å². The summed E-state index contributed by atoms with van der Waals surface area (Å²) in [6.07, 6.45) is 1.09. The molecule has 2 N–H and O–H groups in total. The molecule has 1 aromatic rings. The molecule has 0 aliphatic carbocycles. The summed E-state index contributed by atoms with van der Waals surface area (Å²) < 4.78 is 33.1. The Labute approximate surface area is 153 Å². The molecule has 1 aliphatic rings. The Morgan fingerprint density at radius 2 is 2.04 bits per heavy atom. The zero-order valence-electron chi connectivity index (χ0n) is 14.1. The molecule has 1 aliphatic heterocycles. The number of thiocarbonyl (C=S) groups is 1. The van der Waals surface area contributed by atoms with Crippen LogP contribution in [0.5, 0.6) is 0 Å². The number of nitrogens with one attached hydrogen (secondary N) is 2. The number of halogens is 2. The van der Waals surface area contributed by atoms with Gasteiger partial charge in [-0.25, -0.2) is 9.18 Å². The molecule has 0 spiro atoms. The number of hydrogen-bond acceptors (Lipinski definition) is 5. The lowest BCUT2D eigenvalue weighted by molar-refractivity contribution is -0.387. The first-order valence-electron chi connectivity index (χ1n) is 7.91. The van der Waals surface area contributed by atoms with Gasteiger partial charge in [-0.1, -0.05) is 13.3 Å². The molecule has 0 saturated heterocycles. The topological polar surface area (TPSA) is 93.5 Å². The Morgan fingerprint density at radius 3 is 2.62 bits per heavy atom. The number of allylic oxidation sites excluding steroid dienone is 1. The molecule has 0 saturated carbocycles. The number of nitro groups is 1. The van der Waals surface area contributed by atoms with Crippen molar-refractivity contribution in [3.8, 4) is 0 Å². The number of ether oxygens (including phenoxy) is 1. The Hall–Kier alpha value is -2.62. The first-order valence-corrected chi connectivity index (χ1v) is 8.31. The highest BCUT2D eigenvalue weighted by Crippen LogP contribution is 2.33. The minimum atomic E-state index is -1.30. The van der Waals surface area contributed by atoms with Gasteiger partial charge in [0.2, 0.25) is 5.82 Å². The molecule has 10 heteroatoms. The summed E-state index contributed by atoms with van der Waals surface area (Å²) in [5.41, 5.74) is -0.667. The van der Waals surface area contributed by atoms with E-state index in [0.717, 1.165) is 6.07 Å². The second-order valence-electron chi connectivity index (χ2n) is 5.48. The molecular weight excluding hydrogens is 368 g/mol. The summed E-state index contributed by atoms with van der Waals surface area (Å²) in [5.74, 6) is -3.05. The van der Waals surface area contributed by atoms with Gasteiger partial charge < -0.3 is 15.4 Å². The predicted molar refractivity (Wildman–Crippen MR) is 93.2 cm³/mol. The Kier molecular flexibility index (Phi) is 6.19. The smallest absolute Gasteiger partial charge is 0.338 e. The van der Waals surface area contributed by atoms with E-state index in [1.54, 1.807) is 6.92 Å². The monoisotopic (exact) mass is 385 g/mol. The summed E-state index contributed by atoms with van der Waals surface area (Å²) in [4.78, 5) is 22.5. The minimum Gasteiger partial charge on any atom is -0.463 e. The summed E-state index contributed by atoms with van der Waals surface area (Å²) in [6, 6.07) is 0.0466. The fraction of sp³-hybridized carbons (Fsp3) is 0.375. The molecule has 7 nitrogen and oxygen atoms in total. The second kappa shape index (κ2) is 8.17. The number of rotatable bonds is 6. The normalized spacial score (nSPS) is 16.8. The van der Waals surface area contributed by atoms with Gasteiger partial charge in [-0.2, -0.15) is 4.39 Å². The lowest BCUT2D eigenvalue weighted by atomic mass is 9.93. The van der Waals surface area contributed by atoms with Crippen LogP contribution >= 0.6 is 12.2 Å². The van der Waals surface area contributed by atoms with Crippen LogP contribution in [0.3, 0.4) is 0 Å². The first-order chi connectivity index (χ1) is 12.3. The van der Waals surface area contributed by atoms with Crippen molar-refractivity contribution in [1.29, 1.82) is 0 Å². The van der Waals surface area contributed by atoms with Crippen LogP contribution in [-0.4, -0.2) is 22.6 Å². The summed E-state index contributed by atoms with van der Waals surface area (Å²) in [6.45, 7) is 3.58. The van der Waals surface area contributed by atoms with E-state index in [4.69, 9.17) is 17.0 Å². The molecule has 1 heterocycles. The zero-order valence-corrected chi connectivity index (χ0v) is 14.9. The van der Waals surface area contributed by atoms with Crippen molar-refractivity contribution in [2.24, 2.45) is 0 Å². The molecule has 1 aromatic carbocycles. The van der Waals surface area contributed by atoms with Crippen LogP contribution in [0, 0.1) is 21.7 Å². The quantitative estimate of drug-likeness (QED) is 0.336. The number of hydrogen-bond donors (Lipinski definition) is 2. The van der Waals surface area contributed by atoms with Crippen LogP contribution < -0.4 is 10.6 Å². The number of esters is 1. The lowest BCUT2D eigenvalue weighted by Crippen LogP contribution is -2.46. The SMILES string of the molecule is CCCC1=C(C(=O)OCC)C(c2cc([N+](=O)[O-])c(F)cc2F)NC(=S)N1. The molecule has 26 heavy (non-hydrogen) atoms. The third-order valence-electron chi connectivity index (χ3n) is 3.72. The Balaban J connectivity index is 2.66. The molecule has 1 unspecified atom stereocenters. The summed E-state index contributed by atoms with van der Waals surface area (Å²) >= 11 is 5.09. The van der Waals surface area contributed by atoms with Crippen molar-refractivity contribution < 1.29 is 23.2 Å². The lowest BCUT2D eigenvalue weighted by Gasteiger charge is -2.31. The number of benzene rings is 1. The number of nitrogens with zero attached hydrogens (tertiary/aromatic N) is 1. The van der Waals surface area contributed by atoms with Crippen molar-refractivity contribution in [3.05, 3.63) is 50.7 Å². The summed E-state index contributed by atoms with van der Waals surface area (Å²) in [5, 5.41) is 16.7. The maximum absolute atomic E-state index is 14.4. The van der Waals surface area contributed by atoms with Crippen LogP contribution in [0.25, 0.3) is 0 Å². The fourth-order valence-corrected chi connectivity index (χ4v) is 2.90. The fourth-order valence-electron chi connectivity index (χ4n) is 2.66. The van der Waals surface area contributed by atoms with E-state index >= 15 is 0 Å². The molecule has 1 atom stereocenters. The largest absolute Gasteiger partial charge is 0.463 e. The third-order valence-corrected chi connectivity index (χ3v) is 3.94. The van der Waals surface area contributed by atoms with Crippen molar-refractivity contribution in [3.63, 3.8) is 0 Å². The van der Waals surface area contributed by atoms with Gasteiger partial charge in [-0.3, -0.25) is 10.1 Å². The molecule has 0 radical (unpaired) electrons. The minimum absolute atomic E-state index is 0.0575. The van der Waals surface area contributed by atoms with Gasteiger partial charge in [0.1, 0.15) is 5.82 Å². The van der Waals surface area contributed by atoms with Gasteiger partial charge in [-0.15, -0.1) is 0 Å². The molecule has 2 rings (SSSR count). The van der Waals surface area contributed by atoms with Crippen LogP contribution in [-0.2, 0) is 9.53 Å². The van der Waals surface area contributed by atoms with Crippen LogP contribution in [0.1, 0.15) is 38.3 Å². The highest BCUT2D eigenvalue weighted by atomic mass is 32.1. The van der Waals surface area contributed by atoms with Gasteiger partial charge in [0, 0.05) is 23.4 Å². The van der Waals surface area contributed by atoms with E-state index in [9.17, 15) is 23.7 Å². The van der Waals surface area contributed by atoms with E-state index in [1.807, 2.05) is 6.92 Å². The van der Waals surface area contributed by atoms with Crippen molar-refractivity contribution >= 4 is 29.0 Å². The van der Waals surface area contributed by atoms with Crippen LogP contribution in [0.15, 0.2) is 23.4 Å². The average Bonchev–Trinajstić information content (AvgIpc) is 2.54. The van der Waals surface area contributed by atoms with Crippen molar-refractivity contribution in [2.45, 2.75) is 32.7 Å². The van der Waals surface area contributed by atoms with Gasteiger partial charge >= 0.3 is 11.7 Å². The maximum Gasteiger partial charge on any atom is 0.338 e. The van der Waals surface area contributed by atoms with E-state index in [1.165, 1.54) is 0 Å². The van der Waals surface area contributed by atoms with Gasteiger partial charge in [-0.05, 0) is 25.6 Å². The highest BCUT2D eigenvalue weighted by Gasteiger charge is 2.35. The zero-order chi connectivity index (χ0) is 19.4. The van der Waals surface area contributed by atoms with E-state index in [0.29, 0.717) is 24.6 Å². The first kappa shape index (κ1) is 19.7. The molecular formula is C16H17F2N3O4S. The van der Waals surface area contributed by atoms with Crippen molar-refractivity contribution in [1.82, 2.24) is 10.6 Å². The number of carbonyl (C=O) groups excluding carboxylic acids is 1. The van der Waals surface area contributed by atoms with E-state index in [-0.39, 0.29) is 22.9 Å². The summed E-state index contributed by atoms with van der Waals surface area (Å²) in [7, 11) is 0. The van der Waals surface area contributed by atoms with E-state index < -0.39 is 34.3 Å². The molecule has 0 fully saturated rings. The van der Waals surface area contributed by atoms with Gasteiger partial charge in [0.25, 0.3) is 0 Å². The number of nitro benzene ring substituents is 1. The second-order valence-corrected chi connectivity index (χ2v) is 5.88. The molecule has 0 amide bonds. The van der Waals surface area contributed by atoms with Gasteiger partial charge in [0.05, 0.1) is 23.1 Å².